The number of hydrogen-bond acceptors (Lipinski definition) is 4. The molecule has 1 aromatic rings. The second kappa shape index (κ2) is 6.77. The molecule has 1 N–H and O–H groups in total. The van der Waals surface area contributed by atoms with Crippen molar-refractivity contribution in [2.45, 2.75) is 41.9 Å². The van der Waals surface area contributed by atoms with Crippen LogP contribution in [0.1, 0.15) is 31.2 Å². The Bertz CT molecular complexity index is 655. The summed E-state index contributed by atoms with van der Waals surface area (Å²) in [6.07, 6.45) is 5.60. The van der Waals surface area contributed by atoms with Gasteiger partial charge in [0.2, 0.25) is 10.0 Å². The number of thioether (sulfide) groups is 1. The molecule has 0 amide bonds. The van der Waals surface area contributed by atoms with Gasteiger partial charge in [0.1, 0.15) is 22.3 Å². The van der Waals surface area contributed by atoms with Crippen LogP contribution in [0.15, 0.2) is 23.1 Å². The van der Waals surface area contributed by atoms with Crippen LogP contribution < -0.4 is 4.72 Å². The smallest absolute Gasteiger partial charge is 0.208 e. The highest BCUT2D eigenvalue weighted by Gasteiger charge is 2.28. The predicted molar refractivity (Wildman–Crippen MR) is 81.0 cm³/mol. The minimum atomic E-state index is -3.88. The van der Waals surface area contributed by atoms with E-state index in [2.05, 4.69) is 4.72 Å². The lowest BCUT2D eigenvalue weighted by Gasteiger charge is -2.28. The highest BCUT2D eigenvalue weighted by Crippen LogP contribution is 2.28. The first-order valence-electron chi connectivity index (χ1n) is 6.71. The van der Waals surface area contributed by atoms with Gasteiger partial charge in [-0.2, -0.15) is 17.0 Å². The fraction of sp³-hybridized carbons (Fsp3) is 0.500. The van der Waals surface area contributed by atoms with Gasteiger partial charge in [-0.3, -0.25) is 0 Å². The summed E-state index contributed by atoms with van der Waals surface area (Å²) in [6.45, 7) is 0. The summed E-state index contributed by atoms with van der Waals surface area (Å²) < 4.78 is 41.0. The van der Waals surface area contributed by atoms with Gasteiger partial charge in [0.15, 0.2) is 0 Å². The zero-order chi connectivity index (χ0) is 15.5. The van der Waals surface area contributed by atoms with Crippen LogP contribution in [0.5, 0.6) is 0 Å². The summed E-state index contributed by atoms with van der Waals surface area (Å²) in [5, 5.41) is 9.40. The van der Waals surface area contributed by atoms with Gasteiger partial charge in [-0.25, -0.2) is 17.5 Å². The van der Waals surface area contributed by atoms with Gasteiger partial charge in [0, 0.05) is 11.3 Å². The largest absolute Gasteiger partial charge is 0.242 e. The Morgan fingerprint density at radius 2 is 2.19 bits per heavy atom. The van der Waals surface area contributed by atoms with E-state index in [1.54, 1.807) is 17.8 Å². The van der Waals surface area contributed by atoms with Crippen molar-refractivity contribution in [3.8, 4) is 6.07 Å². The fourth-order valence-corrected chi connectivity index (χ4v) is 4.86. The third-order valence-electron chi connectivity index (χ3n) is 3.66. The molecule has 21 heavy (non-hydrogen) atoms. The third kappa shape index (κ3) is 3.76. The highest BCUT2D eigenvalue weighted by atomic mass is 32.2. The van der Waals surface area contributed by atoms with Gasteiger partial charge >= 0.3 is 0 Å². The molecule has 1 fully saturated rings. The minimum Gasteiger partial charge on any atom is -0.208 e. The maximum atomic E-state index is 13.6. The van der Waals surface area contributed by atoms with Gasteiger partial charge in [0.05, 0.1) is 0 Å². The summed E-state index contributed by atoms with van der Waals surface area (Å²) in [7, 11) is -3.88. The number of nitriles is 1. The van der Waals surface area contributed by atoms with E-state index in [9.17, 15) is 12.8 Å². The van der Waals surface area contributed by atoms with Crippen molar-refractivity contribution in [1.29, 1.82) is 5.26 Å². The third-order valence-corrected chi connectivity index (χ3v) is 6.32. The molecule has 0 radical (unpaired) electrons. The number of hydrogen-bond donors (Lipinski definition) is 1. The molecule has 7 heteroatoms. The van der Waals surface area contributed by atoms with Crippen molar-refractivity contribution >= 4 is 21.8 Å². The number of sulfonamides is 1. The van der Waals surface area contributed by atoms with Gasteiger partial charge in [0.25, 0.3) is 0 Å². The van der Waals surface area contributed by atoms with Gasteiger partial charge in [-0.15, -0.1) is 0 Å². The van der Waals surface area contributed by atoms with Crippen LogP contribution in [-0.2, 0) is 10.0 Å². The van der Waals surface area contributed by atoms with Crippen LogP contribution in [0.25, 0.3) is 0 Å². The molecule has 0 heterocycles. The van der Waals surface area contributed by atoms with E-state index in [-0.39, 0.29) is 10.9 Å². The van der Waals surface area contributed by atoms with E-state index >= 15 is 0 Å². The normalized spacial score (nSPS) is 22.7. The SMILES string of the molecule is CSC1CCCC(NS(=O)(=O)c2cccc(F)c2C#N)C1. The van der Waals surface area contributed by atoms with Gasteiger partial charge in [-0.05, 0) is 37.7 Å². The van der Waals surface area contributed by atoms with Gasteiger partial charge in [-0.1, -0.05) is 12.5 Å². The Morgan fingerprint density at radius 3 is 2.86 bits per heavy atom. The Kier molecular flexibility index (Phi) is 5.25. The summed E-state index contributed by atoms with van der Waals surface area (Å²) in [5.41, 5.74) is -0.428. The highest BCUT2D eigenvalue weighted by molar-refractivity contribution is 7.99. The van der Waals surface area contributed by atoms with E-state index in [4.69, 9.17) is 5.26 Å². The quantitative estimate of drug-likeness (QED) is 0.922. The molecule has 2 atom stereocenters. The maximum absolute atomic E-state index is 13.6. The van der Waals surface area contributed by atoms with Crippen molar-refractivity contribution in [3.05, 3.63) is 29.6 Å². The maximum Gasteiger partial charge on any atom is 0.242 e. The van der Waals surface area contributed by atoms with Crippen molar-refractivity contribution in [3.63, 3.8) is 0 Å². The van der Waals surface area contributed by atoms with Crippen LogP contribution >= 0.6 is 11.8 Å². The van der Waals surface area contributed by atoms with E-state index in [0.717, 1.165) is 31.7 Å². The first kappa shape index (κ1) is 16.3. The molecule has 4 nitrogen and oxygen atoms in total. The van der Waals surface area contributed by atoms with Crippen LogP contribution in [-0.4, -0.2) is 26.0 Å². The second-order valence-electron chi connectivity index (χ2n) is 5.07. The topological polar surface area (TPSA) is 70.0 Å². The first-order chi connectivity index (χ1) is 9.97. The molecule has 114 valence electrons. The van der Waals surface area contributed by atoms with E-state index in [1.165, 1.54) is 12.1 Å². The average molecular weight is 328 g/mol. The Labute approximate surface area is 128 Å². The van der Waals surface area contributed by atoms with Crippen LogP contribution in [0, 0.1) is 17.1 Å². The molecular formula is C14H17FN2O2S2. The number of nitrogens with zero attached hydrogens (tertiary/aromatic N) is 1. The molecule has 1 aliphatic rings. The molecule has 0 aromatic heterocycles. The Hall–Kier alpha value is -1.10. The van der Waals surface area contributed by atoms with E-state index in [0.29, 0.717) is 5.25 Å². The number of nitrogens with one attached hydrogen (secondary N) is 1. The molecule has 0 saturated heterocycles. The Morgan fingerprint density at radius 1 is 1.43 bits per heavy atom. The second-order valence-corrected chi connectivity index (χ2v) is 7.89. The summed E-state index contributed by atoms with van der Waals surface area (Å²) in [6, 6.07) is 5.12. The predicted octanol–water partition coefficient (Wildman–Crippen LogP) is 2.65. The standard InChI is InChI=1S/C14H17FN2O2S2/c1-20-11-5-2-4-10(8-11)17-21(18,19)14-7-3-6-13(15)12(14)9-16/h3,6-7,10-11,17H,2,4-5,8H2,1H3. The summed E-state index contributed by atoms with van der Waals surface area (Å²) in [5.74, 6) is -0.814. The van der Waals surface area contributed by atoms with Crippen molar-refractivity contribution in [2.75, 3.05) is 6.26 Å². The first-order valence-corrected chi connectivity index (χ1v) is 9.48. The van der Waals surface area contributed by atoms with Crippen molar-refractivity contribution in [2.24, 2.45) is 0 Å². The lowest BCUT2D eigenvalue weighted by atomic mass is 9.96. The molecule has 0 spiro atoms. The molecule has 1 aromatic carbocycles. The van der Waals surface area contributed by atoms with Crippen molar-refractivity contribution in [1.82, 2.24) is 4.72 Å². The van der Waals surface area contributed by atoms with Crippen LogP contribution in [0.2, 0.25) is 0 Å². The lowest BCUT2D eigenvalue weighted by molar-refractivity contribution is 0.420. The molecule has 2 rings (SSSR count). The molecule has 0 aliphatic heterocycles. The number of benzene rings is 1. The summed E-state index contributed by atoms with van der Waals surface area (Å²) in [4.78, 5) is -0.281. The zero-order valence-corrected chi connectivity index (χ0v) is 13.3. The van der Waals surface area contributed by atoms with Crippen molar-refractivity contribution < 1.29 is 12.8 Å². The Balaban J connectivity index is 2.23. The van der Waals surface area contributed by atoms with E-state index < -0.39 is 21.4 Å². The molecule has 2 unspecified atom stereocenters. The zero-order valence-electron chi connectivity index (χ0n) is 11.7. The average Bonchev–Trinajstić information content (AvgIpc) is 2.46. The number of rotatable bonds is 4. The molecule has 1 saturated carbocycles. The van der Waals surface area contributed by atoms with E-state index in [1.807, 2.05) is 6.26 Å². The van der Waals surface area contributed by atoms with Crippen LogP contribution in [0.3, 0.4) is 0 Å². The molecule has 0 bridgehead atoms. The molecular weight excluding hydrogens is 311 g/mol. The van der Waals surface area contributed by atoms with Crippen LogP contribution in [0.4, 0.5) is 4.39 Å². The summed E-state index contributed by atoms with van der Waals surface area (Å²) >= 11 is 1.73. The minimum absolute atomic E-state index is 0.156. The lowest BCUT2D eigenvalue weighted by Crippen LogP contribution is -2.39. The molecule has 1 aliphatic carbocycles. The monoisotopic (exact) mass is 328 g/mol. The fourth-order valence-electron chi connectivity index (χ4n) is 2.59. The number of halogens is 1. The van der Waals surface area contributed by atoms with Gasteiger partial charge < -0.3 is 0 Å².